The summed E-state index contributed by atoms with van der Waals surface area (Å²) in [5, 5.41) is 6.65. The lowest BCUT2D eigenvalue weighted by molar-refractivity contribution is 0.0548. The van der Waals surface area contributed by atoms with Gasteiger partial charge in [0.1, 0.15) is 5.82 Å². The maximum atomic E-state index is 13.5. The van der Waals surface area contributed by atoms with Crippen molar-refractivity contribution in [1.82, 2.24) is 15.5 Å². The number of nitrogens with zero attached hydrogens (tertiary/aromatic N) is 2. The highest BCUT2D eigenvalue weighted by molar-refractivity contribution is 7.97. The molecule has 0 aliphatic carbocycles. The number of thioether (sulfide) groups is 1. The average Bonchev–Trinajstić information content (AvgIpc) is 2.63. The minimum absolute atomic E-state index is 0.138. The average molecular weight is 399 g/mol. The third-order valence-electron chi connectivity index (χ3n) is 4.02. The number of hydrogen-bond donors (Lipinski definition) is 2. The first-order chi connectivity index (χ1) is 13.0. The van der Waals surface area contributed by atoms with Crippen LogP contribution in [0.15, 0.2) is 23.2 Å². The molecule has 0 spiro atoms. The molecule has 0 aromatic heterocycles. The van der Waals surface area contributed by atoms with Crippen LogP contribution in [0.5, 0.6) is 0 Å². The highest BCUT2D eigenvalue weighted by Crippen LogP contribution is 2.17. The highest BCUT2D eigenvalue weighted by atomic mass is 32.2. The van der Waals surface area contributed by atoms with E-state index in [4.69, 9.17) is 4.74 Å². The number of nitrogens with one attached hydrogen (secondary N) is 2. The van der Waals surface area contributed by atoms with Crippen molar-refractivity contribution < 1.29 is 9.13 Å². The monoisotopic (exact) mass is 398 g/mol. The molecule has 0 bridgehead atoms. The highest BCUT2D eigenvalue weighted by Gasteiger charge is 2.10. The van der Waals surface area contributed by atoms with Gasteiger partial charge in [-0.15, -0.1) is 0 Å². The summed E-state index contributed by atoms with van der Waals surface area (Å²) < 4.78 is 19.3. The quantitative estimate of drug-likeness (QED) is 0.419. The number of halogens is 1. The first-order valence-electron chi connectivity index (χ1n) is 9.54. The zero-order valence-corrected chi connectivity index (χ0v) is 18.2. The van der Waals surface area contributed by atoms with Crippen LogP contribution in [0.25, 0.3) is 0 Å². The summed E-state index contributed by atoms with van der Waals surface area (Å²) >= 11 is 1.68. The van der Waals surface area contributed by atoms with Gasteiger partial charge in [-0.25, -0.2) is 9.38 Å². The first kappa shape index (κ1) is 23.7. The molecule has 0 saturated carbocycles. The molecule has 1 rings (SSSR count). The largest absolute Gasteiger partial charge is 0.377 e. The van der Waals surface area contributed by atoms with E-state index in [9.17, 15) is 4.39 Å². The standard InChI is InChI=1S/C20H35FN4OS/c1-6-22-20(24-14-19(26-7-2)10-11-25(3)4)23-13-16-8-9-18(21)12-17(16)15-27-5/h8-9,12,19H,6-7,10-11,13-15H2,1-5H3,(H2,22,23,24). The van der Waals surface area contributed by atoms with E-state index in [0.29, 0.717) is 19.7 Å². The van der Waals surface area contributed by atoms with E-state index >= 15 is 0 Å². The second kappa shape index (κ2) is 13.8. The fraction of sp³-hybridized carbons (Fsp3) is 0.650. The molecular formula is C20H35FN4OS. The molecule has 1 unspecified atom stereocenters. The summed E-state index contributed by atoms with van der Waals surface area (Å²) in [5.41, 5.74) is 2.05. The van der Waals surface area contributed by atoms with E-state index < -0.39 is 0 Å². The predicted molar refractivity (Wildman–Crippen MR) is 115 cm³/mol. The van der Waals surface area contributed by atoms with Crippen LogP contribution < -0.4 is 10.6 Å². The van der Waals surface area contributed by atoms with Gasteiger partial charge >= 0.3 is 0 Å². The van der Waals surface area contributed by atoms with Gasteiger partial charge in [-0.1, -0.05) is 6.07 Å². The number of ether oxygens (including phenoxy) is 1. The molecule has 27 heavy (non-hydrogen) atoms. The molecule has 5 nitrogen and oxygen atoms in total. The van der Waals surface area contributed by atoms with Gasteiger partial charge in [-0.2, -0.15) is 11.8 Å². The molecule has 1 atom stereocenters. The predicted octanol–water partition coefficient (Wildman–Crippen LogP) is 3.10. The zero-order chi connectivity index (χ0) is 20.1. The summed E-state index contributed by atoms with van der Waals surface area (Å²) in [6, 6.07) is 4.93. The van der Waals surface area contributed by atoms with Crippen LogP contribution in [0.2, 0.25) is 0 Å². The van der Waals surface area contributed by atoms with Gasteiger partial charge < -0.3 is 20.3 Å². The number of guanidine groups is 1. The molecule has 2 N–H and O–H groups in total. The van der Waals surface area contributed by atoms with Crippen molar-refractivity contribution in [3.8, 4) is 0 Å². The van der Waals surface area contributed by atoms with Crippen LogP contribution in [-0.4, -0.2) is 63.6 Å². The van der Waals surface area contributed by atoms with Crippen molar-refractivity contribution in [2.45, 2.75) is 38.7 Å². The van der Waals surface area contributed by atoms with Gasteiger partial charge in [0.2, 0.25) is 0 Å². The molecule has 0 fully saturated rings. The summed E-state index contributed by atoms with van der Waals surface area (Å²) in [4.78, 5) is 6.84. The van der Waals surface area contributed by atoms with Gasteiger partial charge in [0.25, 0.3) is 0 Å². The molecule has 0 amide bonds. The number of aliphatic imine (C=N–C) groups is 1. The van der Waals surface area contributed by atoms with Crippen LogP contribution in [0.1, 0.15) is 31.4 Å². The van der Waals surface area contributed by atoms with Crippen LogP contribution in [0.4, 0.5) is 4.39 Å². The maximum absolute atomic E-state index is 13.5. The Morgan fingerprint density at radius 1 is 1.26 bits per heavy atom. The second-order valence-electron chi connectivity index (χ2n) is 6.59. The lowest BCUT2D eigenvalue weighted by atomic mass is 10.1. The second-order valence-corrected chi connectivity index (χ2v) is 7.46. The van der Waals surface area contributed by atoms with Crippen molar-refractivity contribution in [2.24, 2.45) is 4.99 Å². The fourth-order valence-electron chi connectivity index (χ4n) is 2.64. The Balaban J connectivity index is 2.73. The van der Waals surface area contributed by atoms with E-state index in [1.165, 1.54) is 6.07 Å². The van der Waals surface area contributed by atoms with Crippen molar-refractivity contribution >= 4 is 17.7 Å². The normalized spacial score (nSPS) is 13.1. The Hall–Kier alpha value is -1.31. The molecule has 0 saturated heterocycles. The molecule has 0 aliphatic rings. The van der Waals surface area contributed by atoms with Gasteiger partial charge in [0.05, 0.1) is 12.6 Å². The minimum atomic E-state index is -0.197. The molecule has 7 heteroatoms. The van der Waals surface area contributed by atoms with Gasteiger partial charge in [0.15, 0.2) is 5.96 Å². The maximum Gasteiger partial charge on any atom is 0.191 e. The van der Waals surface area contributed by atoms with Gasteiger partial charge in [-0.3, -0.25) is 0 Å². The summed E-state index contributed by atoms with van der Waals surface area (Å²) in [6.45, 7) is 7.74. The van der Waals surface area contributed by atoms with E-state index in [1.54, 1.807) is 17.8 Å². The third-order valence-corrected chi connectivity index (χ3v) is 4.62. The molecule has 154 valence electrons. The Morgan fingerprint density at radius 2 is 2.04 bits per heavy atom. The van der Waals surface area contributed by atoms with Crippen molar-refractivity contribution in [2.75, 3.05) is 46.6 Å². The lowest BCUT2D eigenvalue weighted by Crippen LogP contribution is -2.42. The topological polar surface area (TPSA) is 48.9 Å². The Morgan fingerprint density at radius 3 is 2.67 bits per heavy atom. The molecule has 1 aromatic carbocycles. The zero-order valence-electron chi connectivity index (χ0n) is 17.3. The first-order valence-corrected chi connectivity index (χ1v) is 10.9. The SMILES string of the molecule is CCNC(=NCc1ccc(F)cc1CSC)NCC(CCN(C)C)OCC. The number of rotatable bonds is 12. The molecule has 0 aliphatic heterocycles. The third kappa shape index (κ3) is 9.98. The molecule has 1 aromatic rings. The van der Waals surface area contributed by atoms with Crippen LogP contribution in [0, 0.1) is 5.82 Å². The van der Waals surface area contributed by atoms with Crippen molar-refractivity contribution in [3.05, 3.63) is 35.1 Å². The Kier molecular flexibility index (Phi) is 12.1. The molecule has 0 heterocycles. The smallest absolute Gasteiger partial charge is 0.191 e. The Bertz CT molecular complexity index is 569. The van der Waals surface area contributed by atoms with E-state index in [0.717, 1.165) is 42.3 Å². The van der Waals surface area contributed by atoms with Gasteiger partial charge in [0, 0.05) is 32.0 Å². The van der Waals surface area contributed by atoms with E-state index in [2.05, 4.69) is 34.6 Å². The number of benzene rings is 1. The van der Waals surface area contributed by atoms with Crippen LogP contribution in [-0.2, 0) is 17.0 Å². The van der Waals surface area contributed by atoms with E-state index in [1.807, 2.05) is 26.2 Å². The van der Waals surface area contributed by atoms with Gasteiger partial charge in [-0.05, 0) is 63.9 Å². The fourth-order valence-corrected chi connectivity index (χ4v) is 3.22. The van der Waals surface area contributed by atoms with E-state index in [-0.39, 0.29) is 11.9 Å². The summed E-state index contributed by atoms with van der Waals surface area (Å²) in [7, 11) is 4.13. The van der Waals surface area contributed by atoms with Crippen LogP contribution >= 0.6 is 11.8 Å². The Labute approximate surface area is 168 Å². The van der Waals surface area contributed by atoms with Crippen molar-refractivity contribution in [1.29, 1.82) is 0 Å². The van der Waals surface area contributed by atoms with Crippen LogP contribution in [0.3, 0.4) is 0 Å². The van der Waals surface area contributed by atoms with Crippen molar-refractivity contribution in [3.63, 3.8) is 0 Å². The lowest BCUT2D eigenvalue weighted by Gasteiger charge is -2.21. The molecular weight excluding hydrogens is 363 g/mol. The summed E-state index contributed by atoms with van der Waals surface area (Å²) in [5.74, 6) is 1.34. The molecule has 0 radical (unpaired) electrons. The minimum Gasteiger partial charge on any atom is -0.377 e. The summed E-state index contributed by atoms with van der Waals surface area (Å²) in [6.07, 6.45) is 3.12. The number of hydrogen-bond acceptors (Lipinski definition) is 4.